The van der Waals surface area contributed by atoms with E-state index in [1.165, 1.54) is 12.1 Å². The summed E-state index contributed by atoms with van der Waals surface area (Å²) in [6, 6.07) is 5.11. The summed E-state index contributed by atoms with van der Waals surface area (Å²) >= 11 is 0. The number of carbonyl (C=O) groups is 2. The van der Waals surface area contributed by atoms with Crippen LogP contribution in [-0.4, -0.2) is 74.0 Å². The third kappa shape index (κ3) is 5.55. The lowest BCUT2D eigenvalue weighted by Crippen LogP contribution is -2.62. The molecule has 0 aromatic heterocycles. The molecule has 30 heavy (non-hydrogen) atoms. The van der Waals surface area contributed by atoms with Gasteiger partial charge in [-0.3, -0.25) is 14.5 Å². The first-order chi connectivity index (χ1) is 14.0. The monoisotopic (exact) mass is 440 g/mol. The van der Waals surface area contributed by atoms with Gasteiger partial charge in [0.1, 0.15) is 11.9 Å². The van der Waals surface area contributed by atoms with Crippen LogP contribution in [-0.2, 0) is 26.2 Å². The summed E-state index contributed by atoms with van der Waals surface area (Å²) in [5, 5.41) is 2.84. The number of nitrogens with one attached hydrogen (secondary N) is 2. The highest BCUT2D eigenvalue weighted by Gasteiger charge is 2.45. The molecule has 8 nitrogen and oxygen atoms in total. The molecule has 2 fully saturated rings. The fraction of sp³-hybridized carbons (Fsp3) is 0.600. The number of sulfonamides is 1. The smallest absolute Gasteiger partial charge is 0.242 e. The van der Waals surface area contributed by atoms with E-state index in [2.05, 4.69) is 10.0 Å². The van der Waals surface area contributed by atoms with Gasteiger partial charge in [-0.25, -0.2) is 17.5 Å². The largest absolute Gasteiger partial charge is 0.354 e. The molecule has 0 spiro atoms. The van der Waals surface area contributed by atoms with Crippen molar-refractivity contribution in [1.29, 1.82) is 0 Å². The van der Waals surface area contributed by atoms with Gasteiger partial charge in [0.2, 0.25) is 21.8 Å². The molecule has 2 aliphatic rings. The van der Waals surface area contributed by atoms with Crippen molar-refractivity contribution >= 4 is 21.8 Å². The van der Waals surface area contributed by atoms with Crippen molar-refractivity contribution < 1.29 is 22.4 Å². The van der Waals surface area contributed by atoms with Crippen LogP contribution in [0.5, 0.6) is 0 Å². The van der Waals surface area contributed by atoms with Crippen molar-refractivity contribution in [1.82, 2.24) is 19.8 Å². The number of nitrogens with zero attached hydrogens (tertiary/aromatic N) is 2. The zero-order valence-electron chi connectivity index (χ0n) is 17.5. The molecule has 2 heterocycles. The maximum Gasteiger partial charge on any atom is 0.242 e. The number of fused-ring (bicyclic) bond motifs is 1. The van der Waals surface area contributed by atoms with Gasteiger partial charge in [0, 0.05) is 44.2 Å². The first-order valence-corrected chi connectivity index (χ1v) is 12.0. The molecule has 2 aliphatic heterocycles. The Bertz CT molecular complexity index is 891. The first kappa shape index (κ1) is 22.6. The van der Waals surface area contributed by atoms with E-state index in [9.17, 15) is 22.4 Å². The van der Waals surface area contributed by atoms with Crippen molar-refractivity contribution in [3.05, 3.63) is 35.6 Å². The predicted octanol–water partition coefficient (Wildman–Crippen LogP) is 0.301. The molecule has 1 aromatic carbocycles. The Labute approximate surface area is 176 Å². The van der Waals surface area contributed by atoms with Crippen LogP contribution in [0.15, 0.2) is 24.3 Å². The van der Waals surface area contributed by atoms with Crippen molar-refractivity contribution in [2.24, 2.45) is 5.92 Å². The molecule has 0 saturated carbocycles. The van der Waals surface area contributed by atoms with Crippen LogP contribution in [0.1, 0.15) is 25.8 Å². The fourth-order valence-corrected chi connectivity index (χ4v) is 4.89. The summed E-state index contributed by atoms with van der Waals surface area (Å²) < 4.78 is 39.1. The van der Waals surface area contributed by atoms with Crippen molar-refractivity contribution in [3.8, 4) is 0 Å². The Morgan fingerprint density at radius 3 is 2.50 bits per heavy atom. The van der Waals surface area contributed by atoms with Crippen molar-refractivity contribution in [2.75, 3.05) is 25.9 Å². The minimum Gasteiger partial charge on any atom is -0.354 e. The van der Waals surface area contributed by atoms with E-state index in [0.29, 0.717) is 26.1 Å². The van der Waals surface area contributed by atoms with E-state index in [-0.39, 0.29) is 42.2 Å². The lowest BCUT2D eigenvalue weighted by Gasteiger charge is -2.43. The second-order valence-corrected chi connectivity index (χ2v) is 10.2. The predicted molar refractivity (Wildman–Crippen MR) is 110 cm³/mol. The summed E-state index contributed by atoms with van der Waals surface area (Å²) in [5.41, 5.74) is 0.863. The minimum atomic E-state index is -3.37. The van der Waals surface area contributed by atoms with Gasteiger partial charge in [0.15, 0.2) is 0 Å². The molecule has 2 N–H and O–H groups in total. The maximum atomic E-state index is 13.3. The van der Waals surface area contributed by atoms with Gasteiger partial charge in [0.25, 0.3) is 0 Å². The van der Waals surface area contributed by atoms with Crippen LogP contribution < -0.4 is 10.0 Å². The number of rotatable bonds is 7. The molecule has 0 radical (unpaired) electrons. The highest BCUT2D eigenvalue weighted by molar-refractivity contribution is 7.88. The SMILES string of the molecule is CC(C)C(=O)NC[C@H]1C(=O)N2C[C@@H](NS(C)(=O)=O)C[C@H]2CN1Cc1ccc(F)cc1. The second kappa shape index (κ2) is 8.99. The number of piperazine rings is 1. The number of hydrogen-bond acceptors (Lipinski definition) is 5. The average Bonchev–Trinajstić information content (AvgIpc) is 3.03. The maximum absolute atomic E-state index is 13.3. The molecule has 3 rings (SSSR count). The summed E-state index contributed by atoms with van der Waals surface area (Å²) in [5.74, 6) is -0.789. The summed E-state index contributed by atoms with van der Waals surface area (Å²) in [6.07, 6.45) is 1.64. The molecule has 10 heteroatoms. The third-order valence-corrected chi connectivity index (χ3v) is 6.30. The standard InChI is InChI=1S/C20H29FN4O4S/c1-13(2)19(26)22-9-18-20(27)25-11-16(23-30(3,28)29)8-17(25)12-24(18)10-14-4-6-15(21)7-5-14/h4-7,13,16-18,23H,8-12H2,1-3H3,(H,22,26)/t16-,17-,18-/m0/s1. The molecule has 0 aliphatic carbocycles. The molecule has 0 bridgehead atoms. The number of benzene rings is 1. The summed E-state index contributed by atoms with van der Waals surface area (Å²) in [6.45, 7) is 5.04. The van der Waals surface area contributed by atoms with Crippen LogP contribution in [0, 0.1) is 11.7 Å². The second-order valence-electron chi connectivity index (χ2n) is 8.44. The van der Waals surface area contributed by atoms with E-state index in [1.54, 1.807) is 30.9 Å². The van der Waals surface area contributed by atoms with Gasteiger partial charge < -0.3 is 10.2 Å². The molecule has 3 atom stereocenters. The number of carbonyl (C=O) groups excluding carboxylic acids is 2. The zero-order chi connectivity index (χ0) is 22.1. The van der Waals surface area contributed by atoms with Crippen LogP contribution in [0.4, 0.5) is 4.39 Å². The molecule has 2 amide bonds. The van der Waals surface area contributed by atoms with Crippen molar-refractivity contribution in [3.63, 3.8) is 0 Å². The molecule has 1 aromatic rings. The highest BCUT2D eigenvalue weighted by atomic mass is 32.2. The quantitative estimate of drug-likeness (QED) is 0.636. The molecule has 0 unspecified atom stereocenters. The van der Waals surface area contributed by atoms with Gasteiger partial charge in [-0.1, -0.05) is 26.0 Å². The molecular formula is C20H29FN4O4S. The van der Waals surface area contributed by atoms with Gasteiger partial charge in [-0.15, -0.1) is 0 Å². The van der Waals surface area contributed by atoms with Gasteiger partial charge >= 0.3 is 0 Å². The number of amides is 2. The van der Waals surface area contributed by atoms with E-state index in [0.717, 1.165) is 11.8 Å². The van der Waals surface area contributed by atoms with Gasteiger partial charge in [-0.05, 0) is 24.1 Å². The Morgan fingerprint density at radius 1 is 1.23 bits per heavy atom. The number of hydrogen-bond donors (Lipinski definition) is 2. The number of halogens is 1. The van der Waals surface area contributed by atoms with E-state index < -0.39 is 16.1 Å². The van der Waals surface area contributed by atoms with Gasteiger partial charge in [0.05, 0.1) is 6.26 Å². The lowest BCUT2D eigenvalue weighted by molar-refractivity contribution is -0.144. The van der Waals surface area contributed by atoms with E-state index in [1.807, 2.05) is 4.90 Å². The molecule has 166 valence electrons. The molecular weight excluding hydrogens is 411 g/mol. The highest BCUT2D eigenvalue weighted by Crippen LogP contribution is 2.27. The Hall–Kier alpha value is -2.04. The lowest BCUT2D eigenvalue weighted by atomic mass is 10.0. The zero-order valence-corrected chi connectivity index (χ0v) is 18.3. The van der Waals surface area contributed by atoms with E-state index >= 15 is 0 Å². The third-order valence-electron chi connectivity index (χ3n) is 5.54. The Morgan fingerprint density at radius 2 is 1.90 bits per heavy atom. The van der Waals surface area contributed by atoms with Crippen LogP contribution in [0.25, 0.3) is 0 Å². The normalized spacial score (nSPS) is 24.9. The van der Waals surface area contributed by atoms with Crippen LogP contribution >= 0.6 is 0 Å². The minimum absolute atomic E-state index is 0.116. The Kier molecular flexibility index (Phi) is 6.78. The topological polar surface area (TPSA) is 98.8 Å². The first-order valence-electron chi connectivity index (χ1n) is 10.1. The summed E-state index contributed by atoms with van der Waals surface area (Å²) in [4.78, 5) is 29.0. The Balaban J connectivity index is 1.78. The van der Waals surface area contributed by atoms with Crippen molar-refractivity contribution in [2.45, 2.75) is 44.9 Å². The fourth-order valence-electron chi connectivity index (χ4n) is 4.11. The van der Waals surface area contributed by atoms with E-state index in [4.69, 9.17) is 0 Å². The van der Waals surface area contributed by atoms with Crippen LogP contribution in [0.2, 0.25) is 0 Å². The average molecular weight is 441 g/mol. The van der Waals surface area contributed by atoms with Gasteiger partial charge in [-0.2, -0.15) is 0 Å². The molecule has 2 saturated heterocycles. The summed E-state index contributed by atoms with van der Waals surface area (Å²) in [7, 11) is -3.37. The van der Waals surface area contributed by atoms with Crippen LogP contribution in [0.3, 0.4) is 0 Å².